The van der Waals surface area contributed by atoms with Crippen LogP contribution >= 0.6 is 0 Å². The summed E-state index contributed by atoms with van der Waals surface area (Å²) in [5, 5.41) is 21.4. The first-order valence-corrected chi connectivity index (χ1v) is 8.28. The molecule has 1 amide bonds. The topological polar surface area (TPSA) is 99.0 Å². The number of rotatable bonds is 7. The molecule has 0 unspecified atom stereocenters. The number of quaternary nitrogens is 1. The Labute approximate surface area is 159 Å². The number of nitro benzene ring substituents is 1. The molecule has 0 bridgehead atoms. The van der Waals surface area contributed by atoms with Crippen LogP contribution < -0.4 is 22.8 Å². The van der Waals surface area contributed by atoms with Gasteiger partial charge >= 0.3 is 0 Å². The van der Waals surface area contributed by atoms with Crippen LogP contribution in [0.5, 0.6) is 0 Å². The maximum atomic E-state index is 12.9. The lowest BCUT2D eigenvalue weighted by Gasteiger charge is -2.41. The molecule has 10 heteroatoms. The summed E-state index contributed by atoms with van der Waals surface area (Å²) >= 11 is 0. The number of nitrogens with one attached hydrogen (secondary N) is 1. The molecule has 2 rings (SSSR count). The highest BCUT2D eigenvalue weighted by Crippen LogP contribution is 2.21. The molecule has 0 saturated carbocycles. The Morgan fingerprint density at radius 2 is 2.08 bits per heavy atom. The average Bonchev–Trinajstić information content (AvgIpc) is 2.58. The summed E-state index contributed by atoms with van der Waals surface area (Å²) < 4.78 is 0.620. The second-order valence-corrected chi connectivity index (χ2v) is 6.67. The number of non-ortho nitro benzene ring substituents is 1. The third-order valence-electron chi connectivity index (χ3n) is 4.49. The van der Waals surface area contributed by atoms with E-state index in [1.165, 1.54) is 17.1 Å². The number of nitrogens with zero attached hydrogens (tertiary/aromatic N) is 4. The van der Waals surface area contributed by atoms with Crippen molar-refractivity contribution >= 4 is 17.3 Å². The maximum Gasteiger partial charge on any atom is 0.296 e. The minimum Gasteiger partial charge on any atom is -1.00 e. The maximum absolute atomic E-state index is 12.9. The Bertz CT molecular complexity index is 622. The van der Waals surface area contributed by atoms with E-state index in [1.807, 2.05) is 7.05 Å². The molecule has 1 aliphatic heterocycles. The fourth-order valence-electron chi connectivity index (χ4n) is 2.83. The fraction of sp³-hybridized carbons (Fsp3) is 0.562. The van der Waals surface area contributed by atoms with Crippen molar-refractivity contribution in [2.75, 3.05) is 65.0 Å². The van der Waals surface area contributed by atoms with E-state index < -0.39 is 4.92 Å². The zero-order chi connectivity index (χ0) is 18.4. The molecule has 1 aromatic carbocycles. The molecule has 0 aromatic heterocycles. The number of anilines is 1. The number of carbonyl (C=O) groups excluding carboxylic acids is 1. The first-order valence-electron chi connectivity index (χ1n) is 8.28. The Hall–Kier alpha value is -1.78. The molecule has 146 valence electrons. The summed E-state index contributed by atoms with van der Waals surface area (Å²) in [7, 11) is 4.10. The van der Waals surface area contributed by atoms with Crippen molar-refractivity contribution in [3.8, 4) is 0 Å². The third-order valence-corrected chi connectivity index (χ3v) is 4.49. The van der Waals surface area contributed by atoms with Crippen molar-refractivity contribution in [1.29, 1.82) is 0 Å². The second kappa shape index (κ2) is 9.79. The van der Waals surface area contributed by atoms with Crippen LogP contribution in [0.15, 0.2) is 24.3 Å². The van der Waals surface area contributed by atoms with E-state index in [9.17, 15) is 14.9 Å². The van der Waals surface area contributed by atoms with Crippen molar-refractivity contribution in [3.05, 3.63) is 34.4 Å². The molecule has 0 spiro atoms. The van der Waals surface area contributed by atoms with Crippen LogP contribution in [0.25, 0.3) is 0 Å². The van der Waals surface area contributed by atoms with Gasteiger partial charge in [-0.1, -0.05) is 6.07 Å². The van der Waals surface area contributed by atoms with E-state index in [1.54, 1.807) is 12.1 Å². The van der Waals surface area contributed by atoms with Crippen LogP contribution in [-0.2, 0) is 4.79 Å². The van der Waals surface area contributed by atoms with Crippen LogP contribution in [0, 0.1) is 10.1 Å². The van der Waals surface area contributed by atoms with E-state index in [4.69, 9.17) is 5.11 Å². The van der Waals surface area contributed by atoms with Crippen LogP contribution in [0.3, 0.4) is 0 Å². The molecule has 1 aliphatic rings. The number of amides is 1. The quantitative estimate of drug-likeness (QED) is 0.291. The van der Waals surface area contributed by atoms with Crippen LogP contribution in [0.1, 0.15) is 0 Å². The highest BCUT2D eigenvalue weighted by Gasteiger charge is 2.32. The number of benzene rings is 1. The van der Waals surface area contributed by atoms with Gasteiger partial charge in [0.15, 0.2) is 6.54 Å². The van der Waals surface area contributed by atoms with Gasteiger partial charge in [-0.2, -0.15) is 0 Å². The molecule has 0 atom stereocenters. The number of nitro groups is 1. The zero-order valence-corrected chi connectivity index (χ0v) is 15.9. The molecule has 0 aliphatic carbocycles. The van der Waals surface area contributed by atoms with Crippen LogP contribution in [0.2, 0.25) is 0 Å². The molecule has 26 heavy (non-hydrogen) atoms. The second-order valence-electron chi connectivity index (χ2n) is 6.67. The summed E-state index contributed by atoms with van der Waals surface area (Å²) in [6, 6.07) is 5.92. The monoisotopic (exact) mass is 387 g/mol. The normalized spacial score (nSPS) is 16.6. The first kappa shape index (κ1) is 22.3. The van der Waals surface area contributed by atoms with Crippen molar-refractivity contribution in [2.24, 2.45) is 0 Å². The number of likely N-dealkylation sites (N-methyl/N-ethyl adjacent to an activating group) is 2. The van der Waals surface area contributed by atoms with Gasteiger partial charge in [-0.15, -0.1) is 0 Å². The van der Waals surface area contributed by atoms with Crippen molar-refractivity contribution < 1.29 is 31.7 Å². The Morgan fingerprint density at radius 1 is 1.42 bits per heavy atom. The van der Waals surface area contributed by atoms with E-state index >= 15 is 0 Å². The van der Waals surface area contributed by atoms with E-state index in [0.717, 1.165) is 26.2 Å². The Kier molecular flexibility index (Phi) is 8.38. The molecule has 0 radical (unpaired) electrons. The number of carbonyl (C=O) groups is 1. The van der Waals surface area contributed by atoms with Gasteiger partial charge in [-0.3, -0.25) is 19.8 Å². The van der Waals surface area contributed by atoms with Gasteiger partial charge in [-0.05, 0) is 13.1 Å². The summed E-state index contributed by atoms with van der Waals surface area (Å²) in [5.74, 6) is -0.180. The molecule has 1 aromatic rings. The minimum absolute atomic E-state index is 0. The highest BCUT2D eigenvalue weighted by atomic mass is 35.5. The minimum atomic E-state index is -0.494. The van der Waals surface area contributed by atoms with Gasteiger partial charge in [0.25, 0.3) is 11.6 Å². The first-order chi connectivity index (χ1) is 11.8. The summed E-state index contributed by atoms with van der Waals surface area (Å²) in [6.45, 7) is 3.90. The van der Waals surface area contributed by atoms with Crippen molar-refractivity contribution in [1.82, 2.24) is 10.3 Å². The molecular weight excluding hydrogens is 362 g/mol. The smallest absolute Gasteiger partial charge is 0.296 e. The largest absolute Gasteiger partial charge is 1.00 e. The molecular formula is C16H26ClN5O4. The van der Waals surface area contributed by atoms with E-state index in [0.29, 0.717) is 10.2 Å². The lowest BCUT2D eigenvalue weighted by molar-refractivity contribution is -0.905. The number of aliphatic hydroxyl groups excluding tert-OH is 1. The van der Waals surface area contributed by atoms with Gasteiger partial charge in [0, 0.05) is 31.8 Å². The van der Waals surface area contributed by atoms with Gasteiger partial charge in [0.05, 0.1) is 37.4 Å². The van der Waals surface area contributed by atoms with Crippen molar-refractivity contribution in [2.45, 2.75) is 0 Å². The number of hydrazine groups is 1. The lowest BCUT2D eigenvalue weighted by Crippen LogP contribution is -3.00. The Balaban J connectivity index is 0.00000338. The number of hydrogen-bond acceptors (Lipinski definition) is 6. The molecule has 1 fully saturated rings. The number of halogens is 1. The summed E-state index contributed by atoms with van der Waals surface area (Å²) in [5.41, 5.74) is 3.17. The number of aliphatic hydroxyl groups is 1. The van der Waals surface area contributed by atoms with Gasteiger partial charge in [0.1, 0.15) is 0 Å². The van der Waals surface area contributed by atoms with Gasteiger partial charge in [-0.25, -0.2) is 10.4 Å². The predicted octanol–water partition coefficient (Wildman–Crippen LogP) is -3.18. The molecule has 1 heterocycles. The van der Waals surface area contributed by atoms with E-state index in [2.05, 4.69) is 17.4 Å². The standard InChI is InChI=1S/C16H26N5O4.ClH/c1-18-7-9-21(2,10-8-18)13-16(23)19(17-6-11-22)14-4-3-5-15(12-14)20(24)25;/h3-5,12,17,22H,6-11,13H2,1-2H3;1H/q+1;/p-1. The summed E-state index contributed by atoms with van der Waals surface area (Å²) in [6.07, 6.45) is 0. The summed E-state index contributed by atoms with van der Waals surface area (Å²) in [4.78, 5) is 25.6. The third kappa shape index (κ3) is 5.89. The highest BCUT2D eigenvalue weighted by molar-refractivity contribution is 5.93. The molecule has 2 N–H and O–H groups in total. The lowest BCUT2D eigenvalue weighted by atomic mass is 10.2. The van der Waals surface area contributed by atoms with E-state index in [-0.39, 0.29) is 43.7 Å². The number of hydrogen-bond donors (Lipinski definition) is 2. The Morgan fingerprint density at radius 3 is 2.65 bits per heavy atom. The molecule has 1 saturated heterocycles. The van der Waals surface area contributed by atoms with Crippen LogP contribution in [0.4, 0.5) is 11.4 Å². The SMILES string of the molecule is CN1CC[N+](C)(CC(=O)N(NCCO)c2cccc([N+](=O)[O-])c2)CC1.[Cl-]. The van der Waals surface area contributed by atoms with Crippen LogP contribution in [-0.4, -0.2) is 85.3 Å². The molecule has 9 nitrogen and oxygen atoms in total. The number of piperazine rings is 1. The average molecular weight is 388 g/mol. The van der Waals surface area contributed by atoms with Gasteiger partial charge in [0.2, 0.25) is 0 Å². The fourth-order valence-corrected chi connectivity index (χ4v) is 2.83. The van der Waals surface area contributed by atoms with Crippen molar-refractivity contribution in [3.63, 3.8) is 0 Å². The van der Waals surface area contributed by atoms with Gasteiger partial charge < -0.3 is 22.0 Å². The predicted molar refractivity (Wildman–Crippen MR) is 94.0 cm³/mol. The zero-order valence-electron chi connectivity index (χ0n) is 15.1.